The van der Waals surface area contributed by atoms with Crippen LogP contribution in [0, 0.1) is 0 Å². The number of hydrogen-bond donors (Lipinski definition) is 1. The van der Waals surface area contributed by atoms with Gasteiger partial charge in [0.2, 0.25) is 0 Å². The maximum atomic E-state index is 12.9. The van der Waals surface area contributed by atoms with Gasteiger partial charge in [-0.1, -0.05) is 42.1 Å². The predicted molar refractivity (Wildman–Crippen MR) is 97.4 cm³/mol. The molecule has 0 aliphatic heterocycles. The van der Waals surface area contributed by atoms with Crippen LogP contribution in [-0.4, -0.2) is 28.5 Å². The normalized spacial score (nSPS) is 11.5. The first-order valence-electron chi connectivity index (χ1n) is 7.44. The SMILES string of the molecule is FC(F)Sc1ccc(NC(=S)N(Cc2ccccc2)CC(F)(F)F)cc1. The molecule has 0 heterocycles. The average molecular weight is 406 g/mol. The molecule has 0 saturated heterocycles. The van der Waals surface area contributed by atoms with E-state index in [4.69, 9.17) is 12.2 Å². The Kier molecular flexibility index (Phi) is 7.22. The van der Waals surface area contributed by atoms with Gasteiger partial charge in [-0.2, -0.15) is 22.0 Å². The third kappa shape index (κ3) is 7.17. The molecule has 1 N–H and O–H groups in total. The van der Waals surface area contributed by atoms with Crippen LogP contribution in [0.1, 0.15) is 5.56 Å². The number of benzene rings is 2. The summed E-state index contributed by atoms with van der Waals surface area (Å²) in [5.41, 5.74) is 1.11. The molecule has 26 heavy (non-hydrogen) atoms. The Bertz CT molecular complexity index is 705. The molecule has 0 aliphatic rings. The van der Waals surface area contributed by atoms with Gasteiger partial charge in [0.05, 0.1) is 0 Å². The van der Waals surface area contributed by atoms with E-state index in [-0.39, 0.29) is 11.7 Å². The first-order chi connectivity index (χ1) is 12.2. The summed E-state index contributed by atoms with van der Waals surface area (Å²) in [7, 11) is 0. The molecule has 0 radical (unpaired) electrons. The van der Waals surface area contributed by atoms with E-state index in [1.807, 2.05) is 0 Å². The summed E-state index contributed by atoms with van der Waals surface area (Å²) in [6.07, 6.45) is -4.42. The number of anilines is 1. The lowest BCUT2D eigenvalue weighted by atomic mass is 10.2. The van der Waals surface area contributed by atoms with E-state index in [1.165, 1.54) is 24.3 Å². The highest BCUT2D eigenvalue weighted by molar-refractivity contribution is 7.99. The van der Waals surface area contributed by atoms with Crippen molar-refractivity contribution in [3.05, 3.63) is 60.2 Å². The van der Waals surface area contributed by atoms with Gasteiger partial charge in [0, 0.05) is 17.1 Å². The van der Waals surface area contributed by atoms with Crippen LogP contribution in [0.5, 0.6) is 0 Å². The molecule has 2 aromatic rings. The zero-order valence-corrected chi connectivity index (χ0v) is 15.0. The summed E-state index contributed by atoms with van der Waals surface area (Å²) in [5, 5.41) is 2.63. The van der Waals surface area contributed by atoms with Crippen LogP contribution in [0.15, 0.2) is 59.5 Å². The minimum absolute atomic E-state index is 0.00843. The van der Waals surface area contributed by atoms with Crippen molar-refractivity contribution in [1.82, 2.24) is 4.90 Å². The van der Waals surface area contributed by atoms with E-state index >= 15 is 0 Å². The van der Waals surface area contributed by atoms with Crippen molar-refractivity contribution in [3.8, 4) is 0 Å². The third-order valence-electron chi connectivity index (χ3n) is 3.20. The zero-order chi connectivity index (χ0) is 19.2. The van der Waals surface area contributed by atoms with E-state index in [0.29, 0.717) is 27.9 Å². The van der Waals surface area contributed by atoms with E-state index in [1.54, 1.807) is 30.3 Å². The van der Waals surface area contributed by atoms with Gasteiger partial charge < -0.3 is 10.2 Å². The molecule has 140 valence electrons. The molecular formula is C17H15F5N2S2. The predicted octanol–water partition coefficient (Wildman–Crippen LogP) is 5.76. The van der Waals surface area contributed by atoms with Gasteiger partial charge in [-0.05, 0) is 42.0 Å². The fourth-order valence-corrected chi connectivity index (χ4v) is 2.89. The fourth-order valence-electron chi connectivity index (χ4n) is 2.14. The van der Waals surface area contributed by atoms with Crippen LogP contribution in [0.25, 0.3) is 0 Å². The summed E-state index contributed by atoms with van der Waals surface area (Å²) in [4.78, 5) is 1.36. The summed E-state index contributed by atoms with van der Waals surface area (Å²) in [6, 6.07) is 14.5. The highest BCUT2D eigenvalue weighted by Crippen LogP contribution is 2.26. The lowest BCUT2D eigenvalue weighted by Gasteiger charge is -2.27. The van der Waals surface area contributed by atoms with Crippen molar-refractivity contribution in [2.45, 2.75) is 23.4 Å². The Labute approximate surface area is 157 Å². The summed E-state index contributed by atoms with van der Waals surface area (Å²) < 4.78 is 63.3. The summed E-state index contributed by atoms with van der Waals surface area (Å²) >= 11 is 5.51. The van der Waals surface area contributed by atoms with Crippen LogP contribution in [-0.2, 0) is 6.54 Å². The van der Waals surface area contributed by atoms with E-state index in [2.05, 4.69) is 5.32 Å². The second-order valence-electron chi connectivity index (χ2n) is 5.29. The molecule has 0 aliphatic carbocycles. The molecule has 2 nitrogen and oxygen atoms in total. The smallest absolute Gasteiger partial charge is 0.336 e. The number of halogens is 5. The third-order valence-corrected chi connectivity index (χ3v) is 4.29. The van der Waals surface area contributed by atoms with Crippen molar-refractivity contribution in [3.63, 3.8) is 0 Å². The minimum Gasteiger partial charge on any atom is -0.336 e. The number of thiocarbonyl (C=S) groups is 1. The molecule has 0 atom stereocenters. The van der Waals surface area contributed by atoms with Gasteiger partial charge in [0.25, 0.3) is 5.76 Å². The van der Waals surface area contributed by atoms with Crippen LogP contribution >= 0.6 is 24.0 Å². The molecule has 0 spiro atoms. The number of nitrogens with zero attached hydrogens (tertiary/aromatic N) is 1. The monoisotopic (exact) mass is 406 g/mol. The van der Waals surface area contributed by atoms with Gasteiger partial charge in [0.1, 0.15) is 6.54 Å². The molecule has 0 bridgehead atoms. The van der Waals surface area contributed by atoms with E-state index in [9.17, 15) is 22.0 Å². The first kappa shape index (κ1) is 20.4. The molecule has 0 aromatic heterocycles. The number of rotatable bonds is 6. The summed E-state index contributed by atoms with van der Waals surface area (Å²) in [5.74, 6) is -2.54. The molecule has 0 fully saturated rings. The largest absolute Gasteiger partial charge is 0.406 e. The molecular weight excluding hydrogens is 391 g/mol. The van der Waals surface area contributed by atoms with Crippen molar-refractivity contribution < 1.29 is 22.0 Å². The zero-order valence-electron chi connectivity index (χ0n) is 13.3. The molecule has 9 heteroatoms. The molecule has 2 rings (SSSR count). The Morgan fingerprint density at radius 2 is 1.65 bits per heavy atom. The highest BCUT2D eigenvalue weighted by Gasteiger charge is 2.32. The summed E-state index contributed by atoms with van der Waals surface area (Å²) in [6.45, 7) is -1.21. The molecule has 0 amide bonds. The second-order valence-corrected chi connectivity index (χ2v) is 6.74. The van der Waals surface area contributed by atoms with Crippen molar-refractivity contribution in [2.24, 2.45) is 0 Å². The Morgan fingerprint density at radius 1 is 1.04 bits per heavy atom. The lowest BCUT2D eigenvalue weighted by molar-refractivity contribution is -0.138. The van der Waals surface area contributed by atoms with Crippen LogP contribution in [0.2, 0.25) is 0 Å². The highest BCUT2D eigenvalue weighted by atomic mass is 32.2. The number of nitrogens with one attached hydrogen (secondary N) is 1. The number of thioether (sulfide) groups is 1. The number of alkyl halides is 5. The first-order valence-corrected chi connectivity index (χ1v) is 8.73. The van der Waals surface area contributed by atoms with Gasteiger partial charge in [-0.3, -0.25) is 0 Å². The quantitative estimate of drug-likeness (QED) is 0.372. The Morgan fingerprint density at radius 3 is 2.19 bits per heavy atom. The number of hydrogen-bond acceptors (Lipinski definition) is 2. The Balaban J connectivity index is 2.07. The van der Waals surface area contributed by atoms with Gasteiger partial charge in [0.15, 0.2) is 5.11 Å². The second kappa shape index (κ2) is 9.18. The standard InChI is InChI=1S/C17H15F5N2S2/c18-15(19)26-14-8-6-13(7-9-14)23-16(25)24(11-17(20,21)22)10-12-4-2-1-3-5-12/h1-9,15H,10-11H2,(H,23,25). The lowest BCUT2D eigenvalue weighted by Crippen LogP contribution is -2.40. The fraction of sp³-hybridized carbons (Fsp3) is 0.235. The molecule has 2 aromatic carbocycles. The van der Waals surface area contributed by atoms with E-state index in [0.717, 1.165) is 4.90 Å². The minimum atomic E-state index is -4.42. The van der Waals surface area contributed by atoms with Crippen LogP contribution < -0.4 is 5.32 Å². The van der Waals surface area contributed by atoms with Crippen molar-refractivity contribution in [1.29, 1.82) is 0 Å². The topological polar surface area (TPSA) is 15.3 Å². The van der Waals surface area contributed by atoms with Gasteiger partial charge in [-0.15, -0.1) is 0 Å². The van der Waals surface area contributed by atoms with Crippen LogP contribution in [0.4, 0.5) is 27.6 Å². The van der Waals surface area contributed by atoms with Crippen molar-refractivity contribution in [2.75, 3.05) is 11.9 Å². The maximum absolute atomic E-state index is 12.9. The van der Waals surface area contributed by atoms with Crippen molar-refractivity contribution >= 4 is 34.8 Å². The average Bonchev–Trinajstić information content (AvgIpc) is 2.55. The van der Waals surface area contributed by atoms with Gasteiger partial charge >= 0.3 is 6.18 Å². The van der Waals surface area contributed by atoms with E-state index < -0.39 is 18.5 Å². The van der Waals surface area contributed by atoms with Gasteiger partial charge in [-0.25, -0.2) is 0 Å². The van der Waals surface area contributed by atoms with Crippen LogP contribution in [0.3, 0.4) is 0 Å². The Hall–Kier alpha value is -1.87. The molecule has 0 saturated carbocycles. The molecule has 0 unspecified atom stereocenters. The maximum Gasteiger partial charge on any atom is 0.406 e.